The Morgan fingerprint density at radius 1 is 1.44 bits per heavy atom. The molecule has 4 nitrogen and oxygen atoms in total. The lowest BCUT2D eigenvalue weighted by atomic mass is 10.0. The van der Waals surface area contributed by atoms with Gasteiger partial charge in [0.1, 0.15) is 6.61 Å². The fourth-order valence-corrected chi connectivity index (χ4v) is 2.30. The van der Waals surface area contributed by atoms with Gasteiger partial charge in [0, 0.05) is 6.54 Å². The lowest BCUT2D eigenvalue weighted by Crippen LogP contribution is -2.47. The number of benzene rings is 1. The van der Waals surface area contributed by atoms with Crippen LogP contribution in [-0.2, 0) is 11.3 Å². The maximum Gasteiger partial charge on any atom is 0.410 e. The molecule has 4 heteroatoms. The molecule has 1 N–H and O–H groups in total. The summed E-state index contributed by atoms with van der Waals surface area (Å²) < 4.78 is 5.29. The largest absolute Gasteiger partial charge is 0.445 e. The van der Waals surface area contributed by atoms with Gasteiger partial charge in [-0.05, 0) is 25.3 Å². The number of likely N-dealkylation sites (tertiary alicyclic amines) is 1. The van der Waals surface area contributed by atoms with Crippen LogP contribution in [0.3, 0.4) is 0 Å². The summed E-state index contributed by atoms with van der Waals surface area (Å²) in [6.45, 7) is 2.81. The average molecular weight is 249 g/mol. The predicted molar refractivity (Wildman–Crippen MR) is 68.1 cm³/mol. The smallest absolute Gasteiger partial charge is 0.410 e. The minimum absolute atomic E-state index is 0.0204. The molecule has 0 bridgehead atoms. The molecule has 1 aromatic carbocycles. The van der Waals surface area contributed by atoms with Crippen LogP contribution in [0.15, 0.2) is 30.3 Å². The van der Waals surface area contributed by atoms with Crippen molar-refractivity contribution in [3.8, 4) is 0 Å². The molecule has 98 valence electrons. The molecule has 1 saturated heterocycles. The van der Waals surface area contributed by atoms with Gasteiger partial charge in [-0.1, -0.05) is 30.3 Å². The Balaban J connectivity index is 1.92. The van der Waals surface area contributed by atoms with Gasteiger partial charge in [0.15, 0.2) is 0 Å². The molecule has 1 aliphatic rings. The number of aliphatic hydroxyl groups is 1. The first-order chi connectivity index (χ1) is 8.65. The molecule has 0 aromatic heterocycles. The Labute approximate surface area is 107 Å². The molecular weight excluding hydrogens is 230 g/mol. The van der Waals surface area contributed by atoms with E-state index >= 15 is 0 Å². The van der Waals surface area contributed by atoms with Crippen LogP contribution >= 0.6 is 0 Å². The van der Waals surface area contributed by atoms with E-state index in [1.54, 1.807) is 4.90 Å². The molecular formula is C14H19NO3. The summed E-state index contributed by atoms with van der Waals surface area (Å²) in [7, 11) is 0. The van der Waals surface area contributed by atoms with Crippen molar-refractivity contribution < 1.29 is 14.6 Å². The highest BCUT2D eigenvalue weighted by atomic mass is 16.6. The number of hydrogen-bond donors (Lipinski definition) is 1. The van der Waals surface area contributed by atoms with E-state index in [1.165, 1.54) is 0 Å². The van der Waals surface area contributed by atoms with Crippen molar-refractivity contribution in [1.29, 1.82) is 0 Å². The molecule has 1 aromatic rings. The molecule has 0 aliphatic carbocycles. The zero-order chi connectivity index (χ0) is 13.0. The van der Waals surface area contributed by atoms with E-state index in [4.69, 9.17) is 4.74 Å². The first kappa shape index (κ1) is 12.9. The Morgan fingerprint density at radius 3 is 2.83 bits per heavy atom. The second-order valence-corrected chi connectivity index (χ2v) is 4.95. The SMILES string of the molecule is C[C@]1(CO)CCCN1C(=O)OCc1ccccc1. The number of amides is 1. The third-order valence-electron chi connectivity index (χ3n) is 3.51. The molecule has 1 fully saturated rings. The van der Waals surface area contributed by atoms with E-state index in [0.29, 0.717) is 6.54 Å². The van der Waals surface area contributed by atoms with Crippen LogP contribution in [0, 0.1) is 0 Å². The lowest BCUT2D eigenvalue weighted by molar-refractivity contribution is 0.0455. The highest BCUT2D eigenvalue weighted by Crippen LogP contribution is 2.29. The van der Waals surface area contributed by atoms with Gasteiger partial charge in [0.05, 0.1) is 12.1 Å². The van der Waals surface area contributed by atoms with Crippen molar-refractivity contribution in [2.45, 2.75) is 31.9 Å². The predicted octanol–water partition coefficient (Wildman–Crippen LogP) is 2.17. The van der Waals surface area contributed by atoms with Crippen molar-refractivity contribution in [1.82, 2.24) is 4.90 Å². The van der Waals surface area contributed by atoms with E-state index < -0.39 is 5.54 Å². The molecule has 1 aliphatic heterocycles. The molecule has 0 unspecified atom stereocenters. The van der Waals surface area contributed by atoms with E-state index in [1.807, 2.05) is 37.3 Å². The van der Waals surface area contributed by atoms with Gasteiger partial charge < -0.3 is 14.7 Å². The summed E-state index contributed by atoms with van der Waals surface area (Å²) in [5, 5.41) is 9.38. The molecule has 0 spiro atoms. The fraction of sp³-hybridized carbons (Fsp3) is 0.500. The molecule has 0 saturated carbocycles. The van der Waals surface area contributed by atoms with Crippen LogP contribution in [0.4, 0.5) is 4.79 Å². The van der Waals surface area contributed by atoms with Gasteiger partial charge in [0.2, 0.25) is 0 Å². The third-order valence-corrected chi connectivity index (χ3v) is 3.51. The van der Waals surface area contributed by atoms with Crippen molar-refractivity contribution in [3.05, 3.63) is 35.9 Å². The zero-order valence-electron chi connectivity index (χ0n) is 10.6. The average Bonchev–Trinajstić information content (AvgIpc) is 2.80. The van der Waals surface area contributed by atoms with Crippen molar-refractivity contribution >= 4 is 6.09 Å². The fourth-order valence-electron chi connectivity index (χ4n) is 2.30. The number of ether oxygens (including phenoxy) is 1. The molecule has 0 radical (unpaired) electrons. The number of carbonyl (C=O) groups excluding carboxylic acids is 1. The highest BCUT2D eigenvalue weighted by molar-refractivity contribution is 5.69. The third kappa shape index (κ3) is 2.64. The van der Waals surface area contributed by atoms with Crippen molar-refractivity contribution in [2.24, 2.45) is 0 Å². The van der Waals surface area contributed by atoms with E-state index in [2.05, 4.69) is 0 Å². The normalized spacial score (nSPS) is 23.1. The zero-order valence-corrected chi connectivity index (χ0v) is 10.6. The first-order valence-corrected chi connectivity index (χ1v) is 6.25. The van der Waals surface area contributed by atoms with Gasteiger partial charge in [-0.15, -0.1) is 0 Å². The number of aliphatic hydroxyl groups excluding tert-OH is 1. The quantitative estimate of drug-likeness (QED) is 0.893. The van der Waals surface area contributed by atoms with Gasteiger partial charge in [-0.2, -0.15) is 0 Å². The molecule has 2 rings (SSSR count). The first-order valence-electron chi connectivity index (χ1n) is 6.25. The van der Waals surface area contributed by atoms with Gasteiger partial charge in [0.25, 0.3) is 0 Å². The second kappa shape index (κ2) is 5.40. The molecule has 18 heavy (non-hydrogen) atoms. The Hall–Kier alpha value is -1.55. The summed E-state index contributed by atoms with van der Waals surface area (Å²) >= 11 is 0. The second-order valence-electron chi connectivity index (χ2n) is 4.95. The maximum absolute atomic E-state index is 12.0. The summed E-state index contributed by atoms with van der Waals surface area (Å²) in [5.41, 5.74) is 0.504. The Bertz CT molecular complexity index is 407. The number of nitrogens with zero attached hydrogens (tertiary/aromatic N) is 1. The maximum atomic E-state index is 12.0. The van der Waals surface area contributed by atoms with Crippen LogP contribution in [0.25, 0.3) is 0 Å². The number of rotatable bonds is 3. The number of carbonyl (C=O) groups is 1. The van der Waals surface area contributed by atoms with Crippen molar-refractivity contribution in [2.75, 3.05) is 13.2 Å². The Morgan fingerprint density at radius 2 is 2.17 bits per heavy atom. The van der Waals surface area contributed by atoms with E-state index in [-0.39, 0.29) is 19.3 Å². The minimum atomic E-state index is -0.465. The standard InChI is InChI=1S/C14H19NO3/c1-14(11-16)8-5-9-15(14)13(17)18-10-12-6-3-2-4-7-12/h2-4,6-7,16H,5,8-11H2,1H3/t14-/m1/s1. The van der Waals surface area contributed by atoms with E-state index in [9.17, 15) is 9.90 Å². The topological polar surface area (TPSA) is 49.8 Å². The van der Waals surface area contributed by atoms with Crippen LogP contribution in [0.5, 0.6) is 0 Å². The lowest BCUT2D eigenvalue weighted by Gasteiger charge is -2.32. The van der Waals surface area contributed by atoms with Crippen LogP contribution < -0.4 is 0 Å². The molecule has 1 amide bonds. The molecule has 1 atom stereocenters. The van der Waals surface area contributed by atoms with Crippen molar-refractivity contribution in [3.63, 3.8) is 0 Å². The number of hydrogen-bond acceptors (Lipinski definition) is 3. The summed E-state index contributed by atoms with van der Waals surface area (Å²) in [4.78, 5) is 13.6. The van der Waals surface area contributed by atoms with Gasteiger partial charge >= 0.3 is 6.09 Å². The monoisotopic (exact) mass is 249 g/mol. The Kier molecular flexibility index (Phi) is 3.87. The van der Waals surface area contributed by atoms with Gasteiger partial charge in [-0.25, -0.2) is 4.79 Å². The van der Waals surface area contributed by atoms with E-state index in [0.717, 1.165) is 18.4 Å². The van der Waals surface area contributed by atoms with Crippen LogP contribution in [0.2, 0.25) is 0 Å². The molecule has 1 heterocycles. The van der Waals surface area contributed by atoms with Crippen LogP contribution in [-0.4, -0.2) is 34.8 Å². The van der Waals surface area contributed by atoms with Gasteiger partial charge in [-0.3, -0.25) is 0 Å². The van der Waals surface area contributed by atoms with Crippen LogP contribution in [0.1, 0.15) is 25.3 Å². The minimum Gasteiger partial charge on any atom is -0.445 e. The summed E-state index contributed by atoms with van der Waals surface area (Å²) in [5.74, 6) is 0. The highest BCUT2D eigenvalue weighted by Gasteiger charge is 2.39. The summed E-state index contributed by atoms with van der Waals surface area (Å²) in [6, 6.07) is 9.59. The summed E-state index contributed by atoms with van der Waals surface area (Å²) in [6.07, 6.45) is 1.40.